The zero-order chi connectivity index (χ0) is 22.6. The molecule has 2 heterocycles. The molecule has 0 bridgehead atoms. The number of fused-ring (bicyclic) bond motifs is 2. The predicted molar refractivity (Wildman–Crippen MR) is 121 cm³/mol. The fourth-order valence-corrected chi connectivity index (χ4v) is 5.29. The molecule has 4 rings (SSSR count). The molecule has 1 spiro atoms. The van der Waals surface area contributed by atoms with Gasteiger partial charge in [0.25, 0.3) is 5.79 Å². The highest BCUT2D eigenvalue weighted by molar-refractivity contribution is 5.95. The molecule has 31 heavy (non-hydrogen) atoms. The van der Waals surface area contributed by atoms with Crippen LogP contribution in [-0.4, -0.2) is 17.4 Å². The number of hydrogen-bond donors (Lipinski definition) is 0. The molecule has 0 fully saturated rings. The first-order valence-electron chi connectivity index (χ1n) is 11.2. The minimum atomic E-state index is -0.847. The van der Waals surface area contributed by atoms with Gasteiger partial charge < -0.3 is 9.47 Å². The zero-order valence-electron chi connectivity index (χ0n) is 19.4. The van der Waals surface area contributed by atoms with Crippen molar-refractivity contribution in [3.8, 4) is 11.5 Å². The summed E-state index contributed by atoms with van der Waals surface area (Å²) in [5, 5.41) is 0. The molecular formula is C27H32O4. The van der Waals surface area contributed by atoms with Crippen molar-refractivity contribution in [2.45, 2.75) is 83.8 Å². The third-order valence-electron chi connectivity index (χ3n) is 7.55. The maximum absolute atomic E-state index is 12.0. The molecule has 2 aromatic carbocycles. The highest BCUT2D eigenvalue weighted by Gasteiger charge is 2.54. The zero-order valence-corrected chi connectivity index (χ0v) is 19.4. The molecule has 2 aromatic rings. The summed E-state index contributed by atoms with van der Waals surface area (Å²) in [6.45, 7) is 12.0. The number of rotatable bonds is 4. The molecule has 0 N–H and O–H groups in total. The quantitative estimate of drug-likeness (QED) is 0.538. The Kier molecular flexibility index (Phi) is 5.03. The first kappa shape index (κ1) is 21.6. The molecule has 2 atom stereocenters. The number of ketones is 2. The third kappa shape index (κ3) is 3.46. The number of Topliss-reactive ketones (excluding diaryl/α,β-unsaturated/α-hetero) is 2. The summed E-state index contributed by atoms with van der Waals surface area (Å²) in [6, 6.07) is 11.6. The van der Waals surface area contributed by atoms with Crippen LogP contribution in [0, 0.1) is 0 Å². The van der Waals surface area contributed by atoms with Gasteiger partial charge >= 0.3 is 0 Å². The molecular weight excluding hydrogens is 388 g/mol. The molecule has 2 aliphatic heterocycles. The van der Waals surface area contributed by atoms with Crippen LogP contribution in [0.1, 0.15) is 99.1 Å². The van der Waals surface area contributed by atoms with Crippen LogP contribution in [0.3, 0.4) is 0 Å². The molecule has 4 nitrogen and oxygen atoms in total. The monoisotopic (exact) mass is 420 g/mol. The molecule has 0 amide bonds. The Labute approximate surface area is 185 Å². The predicted octanol–water partition coefficient (Wildman–Crippen LogP) is 6.39. The summed E-state index contributed by atoms with van der Waals surface area (Å²) in [5.41, 5.74) is 3.23. The van der Waals surface area contributed by atoms with Gasteiger partial charge in [-0.15, -0.1) is 0 Å². The molecule has 2 unspecified atom stereocenters. The summed E-state index contributed by atoms with van der Waals surface area (Å²) in [5.74, 6) is 0.647. The number of carbonyl (C=O) groups excluding carboxylic acids is 2. The third-order valence-corrected chi connectivity index (χ3v) is 7.55. The maximum Gasteiger partial charge on any atom is 0.252 e. The summed E-state index contributed by atoms with van der Waals surface area (Å²) in [7, 11) is 0. The highest BCUT2D eigenvalue weighted by Crippen LogP contribution is 2.55. The second-order valence-corrected chi connectivity index (χ2v) is 9.83. The Balaban J connectivity index is 1.87. The van der Waals surface area contributed by atoms with E-state index in [1.54, 1.807) is 13.8 Å². The minimum absolute atomic E-state index is 0.0172. The molecule has 0 saturated heterocycles. The van der Waals surface area contributed by atoms with Crippen molar-refractivity contribution in [2.75, 3.05) is 0 Å². The van der Waals surface area contributed by atoms with Gasteiger partial charge in [0.05, 0.1) is 0 Å². The van der Waals surface area contributed by atoms with Gasteiger partial charge in [0.1, 0.15) is 11.5 Å². The molecule has 0 aliphatic carbocycles. The Morgan fingerprint density at radius 2 is 1.16 bits per heavy atom. The van der Waals surface area contributed by atoms with Crippen LogP contribution >= 0.6 is 0 Å². The van der Waals surface area contributed by atoms with E-state index in [0.29, 0.717) is 24.0 Å². The SMILES string of the molecule is CCC1(C)CC2(CC(C)(CC)c3ccc(C(C)=O)cc3O2)Oc2cc(C(C)=O)ccc21. The number of benzene rings is 2. The van der Waals surface area contributed by atoms with Crippen molar-refractivity contribution in [1.29, 1.82) is 0 Å². The van der Waals surface area contributed by atoms with Crippen molar-refractivity contribution in [3.05, 3.63) is 58.7 Å². The topological polar surface area (TPSA) is 52.6 Å². The Hall–Kier alpha value is -2.62. The average Bonchev–Trinajstić information content (AvgIpc) is 2.72. The van der Waals surface area contributed by atoms with Crippen molar-refractivity contribution in [1.82, 2.24) is 0 Å². The molecule has 0 aromatic heterocycles. The second-order valence-electron chi connectivity index (χ2n) is 9.83. The van der Waals surface area contributed by atoms with E-state index < -0.39 is 5.79 Å². The van der Waals surface area contributed by atoms with Gasteiger partial charge in [0.2, 0.25) is 0 Å². The number of ether oxygens (including phenoxy) is 2. The van der Waals surface area contributed by atoms with Crippen LogP contribution in [0.15, 0.2) is 36.4 Å². The minimum Gasteiger partial charge on any atom is -0.452 e. The van der Waals surface area contributed by atoms with E-state index in [4.69, 9.17) is 9.47 Å². The van der Waals surface area contributed by atoms with Crippen LogP contribution in [0.4, 0.5) is 0 Å². The number of carbonyl (C=O) groups is 2. The summed E-state index contributed by atoms with van der Waals surface area (Å²) >= 11 is 0. The van der Waals surface area contributed by atoms with Gasteiger partial charge in [-0.05, 0) is 38.8 Å². The van der Waals surface area contributed by atoms with E-state index in [1.165, 1.54) is 0 Å². The lowest BCUT2D eigenvalue weighted by molar-refractivity contribution is -0.170. The standard InChI is InChI=1S/C27H32O4/c1-7-25(5)15-27(30-23-13-19(17(3)28)9-11-21(23)25)16-26(6,8-2)22-12-10-20(18(4)29)14-24(22)31-27/h9-14H,7-8,15-16H2,1-6H3. The van der Waals surface area contributed by atoms with Crippen LogP contribution < -0.4 is 9.47 Å². The Morgan fingerprint density at radius 1 is 0.774 bits per heavy atom. The van der Waals surface area contributed by atoms with Crippen molar-refractivity contribution in [2.24, 2.45) is 0 Å². The van der Waals surface area contributed by atoms with E-state index in [1.807, 2.05) is 36.4 Å². The van der Waals surface area contributed by atoms with Gasteiger partial charge in [-0.3, -0.25) is 9.59 Å². The second kappa shape index (κ2) is 7.22. The molecule has 0 saturated carbocycles. The van der Waals surface area contributed by atoms with E-state index >= 15 is 0 Å². The normalized spacial score (nSPS) is 28.8. The van der Waals surface area contributed by atoms with Gasteiger partial charge in [-0.25, -0.2) is 0 Å². The van der Waals surface area contributed by atoms with E-state index in [-0.39, 0.29) is 22.4 Å². The fraction of sp³-hybridized carbons (Fsp3) is 0.481. The highest BCUT2D eigenvalue weighted by atomic mass is 16.7. The van der Waals surface area contributed by atoms with E-state index in [2.05, 4.69) is 27.7 Å². The van der Waals surface area contributed by atoms with Gasteiger partial charge in [0, 0.05) is 45.9 Å². The van der Waals surface area contributed by atoms with Gasteiger partial charge in [0.15, 0.2) is 11.6 Å². The smallest absolute Gasteiger partial charge is 0.252 e. The Morgan fingerprint density at radius 3 is 1.48 bits per heavy atom. The van der Waals surface area contributed by atoms with Crippen molar-refractivity contribution < 1.29 is 19.1 Å². The summed E-state index contributed by atoms with van der Waals surface area (Å²) in [4.78, 5) is 24.1. The Bertz CT molecular complexity index is 983. The van der Waals surface area contributed by atoms with Crippen LogP contribution in [-0.2, 0) is 10.8 Å². The van der Waals surface area contributed by atoms with Gasteiger partial charge in [-0.1, -0.05) is 52.0 Å². The van der Waals surface area contributed by atoms with Crippen LogP contribution in [0.2, 0.25) is 0 Å². The van der Waals surface area contributed by atoms with E-state index in [9.17, 15) is 9.59 Å². The number of hydrogen-bond acceptors (Lipinski definition) is 4. The lowest BCUT2D eigenvalue weighted by atomic mass is 9.66. The molecule has 164 valence electrons. The van der Waals surface area contributed by atoms with E-state index in [0.717, 1.165) is 35.5 Å². The van der Waals surface area contributed by atoms with Crippen molar-refractivity contribution >= 4 is 11.6 Å². The summed E-state index contributed by atoms with van der Waals surface area (Å²) < 4.78 is 13.3. The fourth-order valence-electron chi connectivity index (χ4n) is 5.29. The lowest BCUT2D eigenvalue weighted by Gasteiger charge is -2.52. The van der Waals surface area contributed by atoms with Crippen molar-refractivity contribution in [3.63, 3.8) is 0 Å². The molecule has 4 heteroatoms. The average molecular weight is 421 g/mol. The van der Waals surface area contributed by atoms with Crippen LogP contribution in [0.25, 0.3) is 0 Å². The molecule has 0 radical (unpaired) electrons. The largest absolute Gasteiger partial charge is 0.452 e. The van der Waals surface area contributed by atoms with Gasteiger partial charge in [-0.2, -0.15) is 0 Å². The first-order chi connectivity index (χ1) is 14.5. The van der Waals surface area contributed by atoms with Crippen LogP contribution in [0.5, 0.6) is 11.5 Å². The first-order valence-corrected chi connectivity index (χ1v) is 11.2. The molecule has 2 aliphatic rings. The summed E-state index contributed by atoms with van der Waals surface area (Å²) in [6.07, 6.45) is 3.28. The maximum atomic E-state index is 12.0. The lowest BCUT2D eigenvalue weighted by Crippen LogP contribution is -2.56.